The summed E-state index contributed by atoms with van der Waals surface area (Å²) in [5.74, 6) is -0.540. The number of thioether (sulfide) groups is 1. The second-order valence-corrected chi connectivity index (χ2v) is 7.32. The summed E-state index contributed by atoms with van der Waals surface area (Å²) in [6, 6.07) is 7.02. The zero-order valence-corrected chi connectivity index (χ0v) is 14.4. The van der Waals surface area contributed by atoms with Crippen LogP contribution in [0.2, 0.25) is 0 Å². The zero-order chi connectivity index (χ0) is 16.7. The summed E-state index contributed by atoms with van der Waals surface area (Å²) in [7, 11) is 0. The highest BCUT2D eigenvalue weighted by Gasteiger charge is 2.17. The zero-order valence-electron chi connectivity index (χ0n) is 13.6. The number of rotatable bonds is 7. The largest absolute Gasteiger partial charge is 0.346 e. The van der Waals surface area contributed by atoms with Crippen LogP contribution in [0.25, 0.3) is 0 Å². The molecule has 0 saturated carbocycles. The first-order chi connectivity index (χ1) is 10.3. The first-order valence-corrected chi connectivity index (χ1v) is 8.28. The molecule has 0 radical (unpaired) electrons. The standard InChI is InChI=1S/C16H25N3O2S/c1-10(2)15(17)16(21)18-9-14(20)19-12-7-5-6-8-13(12)22-11(3)4/h5-8,10-11,15H,9,17H2,1-4H3,(H,18,21)(H,19,20)/t15-/m0/s1. The SMILES string of the molecule is CC(C)Sc1ccccc1NC(=O)CNC(=O)[C@@H](N)C(C)C. The van der Waals surface area contributed by atoms with Gasteiger partial charge >= 0.3 is 0 Å². The van der Waals surface area contributed by atoms with Crippen molar-refractivity contribution in [1.82, 2.24) is 5.32 Å². The van der Waals surface area contributed by atoms with Crippen LogP contribution in [0.1, 0.15) is 27.7 Å². The number of amides is 2. The number of carbonyl (C=O) groups is 2. The van der Waals surface area contributed by atoms with Crippen LogP contribution in [0, 0.1) is 5.92 Å². The fraction of sp³-hybridized carbons (Fsp3) is 0.500. The van der Waals surface area contributed by atoms with E-state index in [-0.39, 0.29) is 24.3 Å². The van der Waals surface area contributed by atoms with Crippen LogP contribution in [0.3, 0.4) is 0 Å². The lowest BCUT2D eigenvalue weighted by atomic mass is 10.1. The summed E-state index contributed by atoms with van der Waals surface area (Å²) in [6.45, 7) is 7.83. The molecule has 4 N–H and O–H groups in total. The molecular weight excluding hydrogens is 298 g/mol. The number of nitrogens with one attached hydrogen (secondary N) is 2. The van der Waals surface area contributed by atoms with Gasteiger partial charge in [-0.2, -0.15) is 0 Å². The molecule has 0 unspecified atom stereocenters. The molecule has 0 aliphatic carbocycles. The highest BCUT2D eigenvalue weighted by atomic mass is 32.2. The van der Waals surface area contributed by atoms with Crippen molar-refractivity contribution in [3.63, 3.8) is 0 Å². The van der Waals surface area contributed by atoms with Crippen molar-refractivity contribution < 1.29 is 9.59 Å². The van der Waals surface area contributed by atoms with Crippen LogP contribution >= 0.6 is 11.8 Å². The van der Waals surface area contributed by atoms with E-state index >= 15 is 0 Å². The van der Waals surface area contributed by atoms with E-state index in [1.54, 1.807) is 11.8 Å². The van der Waals surface area contributed by atoms with Gasteiger partial charge in [-0.15, -0.1) is 11.8 Å². The third-order valence-corrected chi connectivity index (χ3v) is 4.05. The minimum Gasteiger partial charge on any atom is -0.346 e. The molecule has 1 aromatic rings. The van der Waals surface area contributed by atoms with E-state index in [1.807, 2.05) is 38.1 Å². The molecule has 1 aromatic carbocycles. The predicted molar refractivity (Wildman–Crippen MR) is 91.9 cm³/mol. The molecule has 1 rings (SSSR count). The Bertz CT molecular complexity index is 518. The fourth-order valence-corrected chi connectivity index (χ4v) is 2.62. The molecule has 122 valence electrons. The van der Waals surface area contributed by atoms with Crippen LogP contribution in [0.5, 0.6) is 0 Å². The smallest absolute Gasteiger partial charge is 0.243 e. The number of carbonyl (C=O) groups excluding carboxylic acids is 2. The number of nitrogens with two attached hydrogens (primary N) is 1. The van der Waals surface area contributed by atoms with Crippen LogP contribution in [0.4, 0.5) is 5.69 Å². The summed E-state index contributed by atoms with van der Waals surface area (Å²) in [5, 5.41) is 5.80. The Kier molecular flexibility index (Phi) is 7.41. The number of hydrogen-bond acceptors (Lipinski definition) is 4. The first-order valence-electron chi connectivity index (χ1n) is 7.40. The lowest BCUT2D eigenvalue weighted by Gasteiger charge is -2.16. The lowest BCUT2D eigenvalue weighted by Crippen LogP contribution is -2.46. The topological polar surface area (TPSA) is 84.2 Å². The minimum atomic E-state index is -0.600. The Balaban J connectivity index is 2.57. The summed E-state index contributed by atoms with van der Waals surface area (Å²) in [4.78, 5) is 24.7. The van der Waals surface area contributed by atoms with Gasteiger partial charge in [0.2, 0.25) is 11.8 Å². The molecule has 5 nitrogen and oxygen atoms in total. The van der Waals surface area contributed by atoms with E-state index in [4.69, 9.17) is 5.73 Å². The molecule has 0 bridgehead atoms. The molecule has 1 atom stereocenters. The molecule has 0 aliphatic heterocycles. The van der Waals surface area contributed by atoms with E-state index in [1.165, 1.54) is 0 Å². The molecule has 0 saturated heterocycles. The maximum absolute atomic E-state index is 12.0. The second kappa shape index (κ2) is 8.80. The summed E-state index contributed by atoms with van der Waals surface area (Å²) in [6.07, 6.45) is 0. The Hall–Kier alpha value is -1.53. The van der Waals surface area contributed by atoms with Gasteiger partial charge in [0.05, 0.1) is 18.3 Å². The average molecular weight is 323 g/mol. The molecule has 0 aliphatic rings. The van der Waals surface area contributed by atoms with Gasteiger partial charge < -0.3 is 16.4 Å². The Morgan fingerprint density at radius 1 is 1.18 bits per heavy atom. The van der Waals surface area contributed by atoms with Gasteiger partial charge in [0.25, 0.3) is 0 Å². The van der Waals surface area contributed by atoms with Gasteiger partial charge in [0, 0.05) is 10.1 Å². The Morgan fingerprint density at radius 3 is 2.41 bits per heavy atom. The molecule has 0 spiro atoms. The quantitative estimate of drug-likeness (QED) is 0.672. The third kappa shape index (κ3) is 6.07. The number of benzene rings is 1. The number of anilines is 1. The number of hydrogen-bond donors (Lipinski definition) is 3. The Morgan fingerprint density at radius 2 is 1.82 bits per heavy atom. The monoisotopic (exact) mass is 323 g/mol. The van der Waals surface area contributed by atoms with Crippen LogP contribution in [-0.4, -0.2) is 29.7 Å². The van der Waals surface area contributed by atoms with Crippen molar-refractivity contribution in [3.8, 4) is 0 Å². The number of para-hydroxylation sites is 1. The van der Waals surface area contributed by atoms with Crippen molar-refractivity contribution in [2.75, 3.05) is 11.9 Å². The van der Waals surface area contributed by atoms with Crippen molar-refractivity contribution >= 4 is 29.3 Å². The summed E-state index contributed by atoms with van der Waals surface area (Å²) >= 11 is 1.68. The van der Waals surface area contributed by atoms with Crippen LogP contribution < -0.4 is 16.4 Å². The van der Waals surface area contributed by atoms with Crippen molar-refractivity contribution in [2.24, 2.45) is 11.7 Å². The highest BCUT2D eigenvalue weighted by molar-refractivity contribution is 8.00. The molecular formula is C16H25N3O2S. The maximum atomic E-state index is 12.0. The van der Waals surface area contributed by atoms with E-state index in [2.05, 4.69) is 24.5 Å². The molecule has 6 heteroatoms. The molecule has 0 fully saturated rings. The van der Waals surface area contributed by atoms with Gasteiger partial charge in [-0.25, -0.2) is 0 Å². The second-order valence-electron chi connectivity index (χ2n) is 5.70. The van der Waals surface area contributed by atoms with Gasteiger partial charge in [-0.3, -0.25) is 9.59 Å². The molecule has 22 heavy (non-hydrogen) atoms. The van der Waals surface area contributed by atoms with Gasteiger partial charge in [0.15, 0.2) is 0 Å². The lowest BCUT2D eigenvalue weighted by molar-refractivity contribution is -0.125. The summed E-state index contributed by atoms with van der Waals surface area (Å²) in [5.41, 5.74) is 6.49. The maximum Gasteiger partial charge on any atom is 0.243 e. The molecule has 0 aromatic heterocycles. The highest BCUT2D eigenvalue weighted by Crippen LogP contribution is 2.29. The van der Waals surface area contributed by atoms with Crippen molar-refractivity contribution in [3.05, 3.63) is 24.3 Å². The van der Waals surface area contributed by atoms with Gasteiger partial charge in [0.1, 0.15) is 0 Å². The molecule has 2 amide bonds. The van der Waals surface area contributed by atoms with E-state index < -0.39 is 6.04 Å². The van der Waals surface area contributed by atoms with E-state index in [0.29, 0.717) is 5.25 Å². The van der Waals surface area contributed by atoms with Crippen molar-refractivity contribution in [1.29, 1.82) is 0 Å². The van der Waals surface area contributed by atoms with E-state index in [0.717, 1.165) is 10.6 Å². The van der Waals surface area contributed by atoms with Crippen LogP contribution in [-0.2, 0) is 9.59 Å². The van der Waals surface area contributed by atoms with Crippen molar-refractivity contribution in [2.45, 2.75) is 43.9 Å². The minimum absolute atomic E-state index is 0.0335. The first kappa shape index (κ1) is 18.5. The summed E-state index contributed by atoms with van der Waals surface area (Å²) < 4.78 is 0. The van der Waals surface area contributed by atoms with E-state index in [9.17, 15) is 9.59 Å². The molecule has 0 heterocycles. The average Bonchev–Trinajstić information content (AvgIpc) is 2.45. The van der Waals surface area contributed by atoms with Crippen LogP contribution in [0.15, 0.2) is 29.2 Å². The third-order valence-electron chi connectivity index (χ3n) is 2.97. The predicted octanol–water partition coefficient (Wildman–Crippen LogP) is 2.23. The Labute approximate surface area is 136 Å². The van der Waals surface area contributed by atoms with Gasteiger partial charge in [-0.05, 0) is 18.1 Å². The fourth-order valence-electron chi connectivity index (χ4n) is 1.71. The van der Waals surface area contributed by atoms with Gasteiger partial charge in [-0.1, -0.05) is 39.8 Å². The normalized spacial score (nSPS) is 12.3.